The lowest BCUT2D eigenvalue weighted by atomic mass is 9.92. The van der Waals surface area contributed by atoms with E-state index in [1.807, 2.05) is 52.0 Å². The maximum Gasteiger partial charge on any atom is 0.331 e. The Hall–Kier alpha value is -1.06. The summed E-state index contributed by atoms with van der Waals surface area (Å²) < 4.78 is 5.32. The van der Waals surface area contributed by atoms with Crippen LogP contribution in [0.5, 0.6) is 0 Å². The molecule has 0 spiro atoms. The van der Waals surface area contributed by atoms with Crippen LogP contribution in [0.4, 0.5) is 0 Å². The fourth-order valence-electron chi connectivity index (χ4n) is 1.40. The van der Waals surface area contributed by atoms with Gasteiger partial charge in [0, 0.05) is 0 Å². The number of hydrogen-bond donors (Lipinski definition) is 1. The van der Waals surface area contributed by atoms with Crippen LogP contribution in [0.25, 0.3) is 0 Å². The molecule has 3 nitrogen and oxygen atoms in total. The molecular formula is C14H22ClNO2. The number of aryl methyl sites for hydroxylation is 1. The first-order valence-corrected chi connectivity index (χ1v) is 5.72. The molecule has 1 rings (SSSR count). The minimum absolute atomic E-state index is 0. The van der Waals surface area contributed by atoms with Crippen molar-refractivity contribution >= 4 is 18.4 Å². The standard InChI is InChI=1S/C14H21NO2.ClH/c1-10-6-8-11(9-7-10)14(5,15)12(16)17-13(2,3)4;/h6-9H,15H2,1-5H3;1H/t14-;/m0./s1. The molecule has 0 bridgehead atoms. The fourth-order valence-corrected chi connectivity index (χ4v) is 1.40. The van der Waals surface area contributed by atoms with Gasteiger partial charge in [0.05, 0.1) is 0 Å². The molecule has 0 saturated heterocycles. The van der Waals surface area contributed by atoms with Crippen LogP contribution in [0.3, 0.4) is 0 Å². The van der Waals surface area contributed by atoms with Crippen molar-refractivity contribution in [1.82, 2.24) is 0 Å². The monoisotopic (exact) mass is 271 g/mol. The van der Waals surface area contributed by atoms with Gasteiger partial charge in [-0.2, -0.15) is 0 Å². The first-order chi connectivity index (χ1) is 7.63. The zero-order valence-electron chi connectivity index (χ0n) is 11.6. The molecule has 0 radical (unpaired) electrons. The lowest BCUT2D eigenvalue weighted by Gasteiger charge is -2.28. The van der Waals surface area contributed by atoms with Crippen molar-refractivity contribution in [2.45, 2.75) is 45.8 Å². The van der Waals surface area contributed by atoms with Crippen molar-refractivity contribution in [2.24, 2.45) is 5.73 Å². The molecule has 1 aromatic carbocycles. The Bertz CT molecular complexity index is 405. The molecule has 0 aromatic heterocycles. The topological polar surface area (TPSA) is 52.3 Å². The van der Waals surface area contributed by atoms with Crippen LogP contribution in [0.15, 0.2) is 24.3 Å². The number of carbonyl (C=O) groups excluding carboxylic acids is 1. The highest BCUT2D eigenvalue weighted by molar-refractivity contribution is 5.85. The molecule has 0 amide bonds. The van der Waals surface area contributed by atoms with E-state index in [4.69, 9.17) is 10.5 Å². The van der Waals surface area contributed by atoms with E-state index in [0.717, 1.165) is 11.1 Å². The van der Waals surface area contributed by atoms with Crippen LogP contribution in [-0.4, -0.2) is 11.6 Å². The van der Waals surface area contributed by atoms with Gasteiger partial charge in [0.1, 0.15) is 11.1 Å². The van der Waals surface area contributed by atoms with Crippen molar-refractivity contribution < 1.29 is 9.53 Å². The summed E-state index contributed by atoms with van der Waals surface area (Å²) in [6.45, 7) is 9.15. The Balaban J connectivity index is 0.00000289. The van der Waals surface area contributed by atoms with Gasteiger partial charge in [-0.1, -0.05) is 29.8 Å². The first kappa shape index (κ1) is 16.9. The number of halogens is 1. The van der Waals surface area contributed by atoms with Gasteiger partial charge in [0.2, 0.25) is 0 Å². The molecule has 0 saturated carbocycles. The van der Waals surface area contributed by atoms with Gasteiger partial charge >= 0.3 is 5.97 Å². The van der Waals surface area contributed by atoms with E-state index in [2.05, 4.69) is 0 Å². The molecular weight excluding hydrogens is 250 g/mol. The quantitative estimate of drug-likeness (QED) is 0.842. The molecule has 0 heterocycles. The average molecular weight is 272 g/mol. The molecule has 4 heteroatoms. The van der Waals surface area contributed by atoms with E-state index < -0.39 is 17.1 Å². The number of ether oxygens (including phenoxy) is 1. The van der Waals surface area contributed by atoms with Crippen molar-refractivity contribution in [3.63, 3.8) is 0 Å². The zero-order valence-corrected chi connectivity index (χ0v) is 12.4. The van der Waals surface area contributed by atoms with E-state index in [-0.39, 0.29) is 12.4 Å². The second kappa shape index (κ2) is 5.72. The summed E-state index contributed by atoms with van der Waals surface area (Å²) in [4.78, 5) is 12.0. The highest BCUT2D eigenvalue weighted by Gasteiger charge is 2.34. The number of esters is 1. The van der Waals surface area contributed by atoms with Gasteiger partial charge in [0.15, 0.2) is 0 Å². The van der Waals surface area contributed by atoms with Gasteiger partial charge in [-0.15, -0.1) is 12.4 Å². The van der Waals surface area contributed by atoms with Gasteiger partial charge < -0.3 is 10.5 Å². The van der Waals surface area contributed by atoms with Crippen molar-refractivity contribution in [3.05, 3.63) is 35.4 Å². The summed E-state index contributed by atoms with van der Waals surface area (Å²) >= 11 is 0. The number of rotatable bonds is 2. The van der Waals surface area contributed by atoms with E-state index in [9.17, 15) is 4.79 Å². The molecule has 0 unspecified atom stereocenters. The van der Waals surface area contributed by atoms with E-state index in [0.29, 0.717) is 0 Å². The maximum atomic E-state index is 12.0. The lowest BCUT2D eigenvalue weighted by Crippen LogP contribution is -2.45. The predicted molar refractivity (Wildman–Crippen MR) is 75.8 cm³/mol. The minimum atomic E-state index is -1.11. The number of benzene rings is 1. The van der Waals surface area contributed by atoms with E-state index in [1.54, 1.807) is 6.92 Å². The van der Waals surface area contributed by atoms with Crippen molar-refractivity contribution in [1.29, 1.82) is 0 Å². The van der Waals surface area contributed by atoms with Crippen LogP contribution in [0.1, 0.15) is 38.8 Å². The van der Waals surface area contributed by atoms with Crippen LogP contribution in [-0.2, 0) is 15.1 Å². The summed E-state index contributed by atoms with van der Waals surface area (Å²) in [6.07, 6.45) is 0. The Morgan fingerprint density at radius 1 is 1.11 bits per heavy atom. The average Bonchev–Trinajstić information content (AvgIpc) is 2.15. The smallest absolute Gasteiger partial charge is 0.331 e. The SMILES string of the molecule is Cc1ccc([C@](C)(N)C(=O)OC(C)(C)C)cc1.Cl. The molecule has 2 N–H and O–H groups in total. The molecule has 18 heavy (non-hydrogen) atoms. The van der Waals surface area contributed by atoms with Crippen LogP contribution in [0, 0.1) is 6.92 Å². The Kier molecular flexibility index (Phi) is 5.38. The van der Waals surface area contributed by atoms with Gasteiger partial charge in [-0.25, -0.2) is 4.79 Å². The zero-order chi connectivity index (χ0) is 13.3. The molecule has 0 aliphatic heterocycles. The van der Waals surface area contributed by atoms with Gasteiger partial charge in [-0.05, 0) is 40.2 Å². The summed E-state index contributed by atoms with van der Waals surface area (Å²) in [5.74, 6) is -0.408. The molecule has 0 fully saturated rings. The molecule has 0 aliphatic carbocycles. The second-order valence-electron chi connectivity index (χ2n) is 5.57. The third-order valence-electron chi connectivity index (χ3n) is 2.47. The molecule has 102 valence electrons. The van der Waals surface area contributed by atoms with Crippen LogP contribution >= 0.6 is 12.4 Å². The van der Waals surface area contributed by atoms with Crippen molar-refractivity contribution in [3.8, 4) is 0 Å². The Morgan fingerprint density at radius 3 is 1.94 bits per heavy atom. The largest absolute Gasteiger partial charge is 0.458 e. The number of carbonyl (C=O) groups is 1. The van der Waals surface area contributed by atoms with E-state index in [1.165, 1.54) is 0 Å². The van der Waals surface area contributed by atoms with Gasteiger partial charge in [-0.3, -0.25) is 0 Å². The first-order valence-electron chi connectivity index (χ1n) is 5.72. The highest BCUT2D eigenvalue weighted by Crippen LogP contribution is 2.22. The normalized spacial score (nSPS) is 14.3. The summed E-state index contributed by atoms with van der Waals surface area (Å²) in [5, 5.41) is 0. The third-order valence-corrected chi connectivity index (χ3v) is 2.47. The Morgan fingerprint density at radius 2 is 1.56 bits per heavy atom. The maximum absolute atomic E-state index is 12.0. The number of nitrogens with two attached hydrogens (primary N) is 1. The van der Waals surface area contributed by atoms with Crippen molar-refractivity contribution in [2.75, 3.05) is 0 Å². The number of hydrogen-bond acceptors (Lipinski definition) is 3. The molecule has 0 aliphatic rings. The molecule has 1 atom stereocenters. The predicted octanol–water partition coefficient (Wildman–Crippen LogP) is 2.93. The lowest BCUT2D eigenvalue weighted by molar-refractivity contribution is -0.161. The Labute approximate surface area is 115 Å². The minimum Gasteiger partial charge on any atom is -0.458 e. The summed E-state index contributed by atoms with van der Waals surface area (Å²) in [7, 11) is 0. The third kappa shape index (κ3) is 4.31. The van der Waals surface area contributed by atoms with Crippen LogP contribution < -0.4 is 5.73 Å². The highest BCUT2D eigenvalue weighted by atomic mass is 35.5. The van der Waals surface area contributed by atoms with Gasteiger partial charge in [0.25, 0.3) is 0 Å². The fraction of sp³-hybridized carbons (Fsp3) is 0.500. The summed E-state index contributed by atoms with van der Waals surface area (Å²) in [6, 6.07) is 7.59. The van der Waals surface area contributed by atoms with E-state index >= 15 is 0 Å². The second-order valence-corrected chi connectivity index (χ2v) is 5.57. The summed E-state index contributed by atoms with van der Waals surface area (Å²) in [5.41, 5.74) is 6.32. The van der Waals surface area contributed by atoms with Crippen LogP contribution in [0.2, 0.25) is 0 Å². The molecule has 1 aromatic rings.